The molecule has 1 heterocycles. The van der Waals surface area contributed by atoms with E-state index in [9.17, 15) is 9.59 Å². The molecule has 0 bridgehead atoms. The smallest absolute Gasteiger partial charge is 0.345 e. The van der Waals surface area contributed by atoms with Crippen LogP contribution in [0.15, 0.2) is 52.4 Å². The maximum absolute atomic E-state index is 12.3. The number of hydrogen-bond donors (Lipinski definition) is 2. The number of benzene rings is 2. The second kappa shape index (κ2) is 8.98. The Morgan fingerprint density at radius 1 is 1.21 bits per heavy atom. The zero-order valence-electron chi connectivity index (χ0n) is 15.5. The van der Waals surface area contributed by atoms with Gasteiger partial charge in [-0.15, -0.1) is 10.2 Å². The van der Waals surface area contributed by atoms with E-state index in [1.165, 1.54) is 13.3 Å². The van der Waals surface area contributed by atoms with Crippen LogP contribution in [0.1, 0.15) is 21.6 Å². The van der Waals surface area contributed by atoms with Gasteiger partial charge < -0.3 is 9.47 Å². The first-order valence-corrected chi connectivity index (χ1v) is 8.73. The lowest BCUT2D eigenvalue weighted by Crippen LogP contribution is -2.15. The highest BCUT2D eigenvalue weighted by molar-refractivity contribution is 6.33. The molecule has 0 saturated carbocycles. The number of hydrazone groups is 1. The van der Waals surface area contributed by atoms with Crippen molar-refractivity contribution in [3.63, 3.8) is 0 Å². The van der Waals surface area contributed by atoms with E-state index < -0.39 is 5.97 Å². The van der Waals surface area contributed by atoms with Crippen LogP contribution in [-0.4, -0.2) is 34.5 Å². The topological polar surface area (TPSA) is 119 Å². The lowest BCUT2D eigenvalue weighted by molar-refractivity contribution is 0.0730. The number of aromatic amines is 1. The Morgan fingerprint density at radius 2 is 2.00 bits per heavy atom. The number of aromatic nitrogens is 3. The summed E-state index contributed by atoms with van der Waals surface area (Å²) in [7, 11) is 1.45. The lowest BCUT2D eigenvalue weighted by Gasteiger charge is -2.10. The van der Waals surface area contributed by atoms with E-state index >= 15 is 0 Å². The van der Waals surface area contributed by atoms with Crippen molar-refractivity contribution in [1.29, 1.82) is 0 Å². The number of H-pyrrole nitrogens is 1. The summed E-state index contributed by atoms with van der Waals surface area (Å²) in [4.78, 5) is 26.3. The zero-order chi connectivity index (χ0) is 20.8. The van der Waals surface area contributed by atoms with Crippen molar-refractivity contribution >= 4 is 29.7 Å². The molecule has 148 valence electrons. The van der Waals surface area contributed by atoms with E-state index in [1.54, 1.807) is 49.4 Å². The fourth-order valence-electron chi connectivity index (χ4n) is 2.24. The summed E-state index contributed by atoms with van der Waals surface area (Å²) in [6.45, 7) is 1.55. The van der Waals surface area contributed by atoms with Crippen LogP contribution in [0, 0.1) is 6.92 Å². The molecule has 0 radical (unpaired) electrons. The molecule has 1 aromatic heterocycles. The first kappa shape index (κ1) is 20.0. The monoisotopic (exact) mass is 413 g/mol. The van der Waals surface area contributed by atoms with Crippen LogP contribution in [0.2, 0.25) is 5.02 Å². The van der Waals surface area contributed by atoms with E-state index in [0.29, 0.717) is 16.3 Å². The van der Waals surface area contributed by atoms with E-state index in [1.807, 2.05) is 0 Å². The fourth-order valence-corrected chi connectivity index (χ4v) is 2.45. The minimum absolute atomic E-state index is 0.106. The number of hydrogen-bond acceptors (Lipinski definition) is 8. The predicted molar refractivity (Wildman–Crippen MR) is 108 cm³/mol. The van der Waals surface area contributed by atoms with Crippen molar-refractivity contribution in [1.82, 2.24) is 15.2 Å². The van der Waals surface area contributed by atoms with Crippen LogP contribution in [-0.2, 0) is 0 Å². The average molecular weight is 414 g/mol. The predicted octanol–water partition coefficient (Wildman–Crippen LogP) is 2.80. The highest BCUT2D eigenvalue weighted by Crippen LogP contribution is 2.29. The maximum atomic E-state index is 12.3. The van der Waals surface area contributed by atoms with E-state index in [0.717, 1.165) is 0 Å². The molecule has 2 N–H and O–H groups in total. The number of nitrogens with one attached hydrogen (secondary N) is 2. The standard InChI is InChI=1S/C19H16ClN5O4/c1-11-17(26)22-19(25-23-11)24-21-10-12-7-8-15(16(9-12)28-2)29-18(27)13-5-3-4-6-14(13)20/h3-10H,1-2H3,(H2,22,24,25,26)/b21-10-. The molecule has 0 unspecified atom stereocenters. The molecular weight excluding hydrogens is 398 g/mol. The molecule has 0 aliphatic heterocycles. The molecule has 3 aromatic rings. The number of anilines is 1. The molecule has 0 atom stereocenters. The Balaban J connectivity index is 1.72. The summed E-state index contributed by atoms with van der Waals surface area (Å²) in [5, 5.41) is 11.7. The first-order valence-electron chi connectivity index (χ1n) is 8.35. The summed E-state index contributed by atoms with van der Waals surface area (Å²) in [6, 6.07) is 11.5. The molecule has 0 aliphatic carbocycles. The SMILES string of the molecule is COc1cc(/C=N\Nc2nnc(C)c(=O)[nH]2)ccc1OC(=O)c1ccccc1Cl. The van der Waals surface area contributed by atoms with Crippen LogP contribution in [0.5, 0.6) is 11.5 Å². The normalized spacial score (nSPS) is 10.7. The van der Waals surface area contributed by atoms with Crippen molar-refractivity contribution in [3.05, 3.63) is 74.7 Å². The second-order valence-corrected chi connectivity index (χ2v) is 6.15. The molecular formula is C19H16ClN5O4. The van der Waals surface area contributed by atoms with Gasteiger partial charge in [0.15, 0.2) is 11.5 Å². The minimum atomic E-state index is -0.598. The van der Waals surface area contributed by atoms with Gasteiger partial charge in [-0.3, -0.25) is 9.78 Å². The third-order valence-corrected chi connectivity index (χ3v) is 4.06. The van der Waals surface area contributed by atoms with Crippen LogP contribution in [0.3, 0.4) is 0 Å². The Kier molecular flexibility index (Phi) is 6.20. The number of rotatable bonds is 6. The van der Waals surface area contributed by atoms with Gasteiger partial charge in [-0.25, -0.2) is 10.2 Å². The van der Waals surface area contributed by atoms with Gasteiger partial charge in [0.05, 0.1) is 23.9 Å². The zero-order valence-corrected chi connectivity index (χ0v) is 16.2. The number of esters is 1. The van der Waals surface area contributed by atoms with Gasteiger partial charge in [0.25, 0.3) is 5.56 Å². The number of carbonyl (C=O) groups excluding carboxylic acids is 1. The van der Waals surface area contributed by atoms with Crippen molar-refractivity contribution in [2.24, 2.45) is 5.10 Å². The summed E-state index contributed by atoms with van der Waals surface area (Å²) < 4.78 is 10.7. The quantitative estimate of drug-likeness (QED) is 0.276. The van der Waals surface area contributed by atoms with Crippen molar-refractivity contribution in [2.75, 3.05) is 12.5 Å². The fraction of sp³-hybridized carbons (Fsp3) is 0.105. The molecule has 0 fully saturated rings. The van der Waals surface area contributed by atoms with Gasteiger partial charge in [-0.2, -0.15) is 5.10 Å². The van der Waals surface area contributed by atoms with E-state index in [2.05, 4.69) is 25.7 Å². The van der Waals surface area contributed by atoms with E-state index in [-0.39, 0.29) is 28.5 Å². The van der Waals surface area contributed by atoms with Gasteiger partial charge in [-0.05, 0) is 42.8 Å². The van der Waals surface area contributed by atoms with Crippen molar-refractivity contribution in [2.45, 2.75) is 6.92 Å². The molecule has 0 saturated heterocycles. The number of methoxy groups -OCH3 is 1. The Labute approximate surface area is 170 Å². The Hall–Kier alpha value is -3.72. The number of aryl methyl sites for hydroxylation is 1. The van der Waals surface area contributed by atoms with Gasteiger partial charge in [-0.1, -0.05) is 23.7 Å². The lowest BCUT2D eigenvalue weighted by atomic mass is 10.2. The summed E-state index contributed by atoms with van der Waals surface area (Å²) >= 11 is 6.02. The summed E-state index contributed by atoms with van der Waals surface area (Å²) in [5.41, 5.74) is 3.37. The van der Waals surface area contributed by atoms with Crippen LogP contribution in [0.4, 0.5) is 5.95 Å². The highest BCUT2D eigenvalue weighted by Gasteiger charge is 2.15. The van der Waals surface area contributed by atoms with Gasteiger partial charge >= 0.3 is 5.97 Å². The van der Waals surface area contributed by atoms with Crippen LogP contribution >= 0.6 is 11.6 Å². The summed E-state index contributed by atoms with van der Waals surface area (Å²) in [5.74, 6) is 0.0714. The third kappa shape index (κ3) is 4.96. The molecule has 2 aromatic carbocycles. The molecule has 0 spiro atoms. The van der Waals surface area contributed by atoms with Crippen molar-refractivity contribution < 1.29 is 14.3 Å². The summed E-state index contributed by atoms with van der Waals surface area (Å²) in [6.07, 6.45) is 1.47. The minimum Gasteiger partial charge on any atom is -0.493 e. The molecule has 10 heteroatoms. The number of halogens is 1. The molecule has 29 heavy (non-hydrogen) atoms. The Morgan fingerprint density at radius 3 is 2.72 bits per heavy atom. The van der Waals surface area contributed by atoms with Gasteiger partial charge in [0.1, 0.15) is 5.69 Å². The molecule has 3 rings (SSSR count). The van der Waals surface area contributed by atoms with Gasteiger partial charge in [0.2, 0.25) is 5.95 Å². The molecule has 0 amide bonds. The third-order valence-electron chi connectivity index (χ3n) is 3.73. The first-order chi connectivity index (χ1) is 14.0. The average Bonchev–Trinajstić information content (AvgIpc) is 2.72. The van der Waals surface area contributed by atoms with Crippen LogP contribution < -0.4 is 20.5 Å². The Bertz CT molecular complexity index is 1130. The van der Waals surface area contributed by atoms with Crippen molar-refractivity contribution in [3.8, 4) is 11.5 Å². The van der Waals surface area contributed by atoms with Gasteiger partial charge in [0, 0.05) is 0 Å². The number of carbonyl (C=O) groups is 1. The number of ether oxygens (including phenoxy) is 2. The maximum Gasteiger partial charge on any atom is 0.345 e. The van der Waals surface area contributed by atoms with E-state index in [4.69, 9.17) is 21.1 Å². The number of nitrogens with zero attached hydrogens (tertiary/aromatic N) is 3. The highest BCUT2D eigenvalue weighted by atomic mass is 35.5. The molecule has 0 aliphatic rings. The molecule has 9 nitrogen and oxygen atoms in total. The second-order valence-electron chi connectivity index (χ2n) is 5.74. The van der Waals surface area contributed by atoms with Crippen LogP contribution in [0.25, 0.3) is 0 Å². The largest absolute Gasteiger partial charge is 0.493 e.